The quantitative estimate of drug-likeness (QED) is 0.703. The normalized spacial score (nSPS) is 11.1. The van der Waals surface area contributed by atoms with Gasteiger partial charge in [-0.25, -0.2) is 0 Å². The third-order valence-corrected chi connectivity index (χ3v) is 4.34. The fourth-order valence-corrected chi connectivity index (χ4v) is 2.78. The molecule has 0 fully saturated rings. The van der Waals surface area contributed by atoms with E-state index in [0.29, 0.717) is 22.4 Å². The Morgan fingerprint density at radius 2 is 1.50 bits per heavy atom. The second kappa shape index (κ2) is 8.65. The summed E-state index contributed by atoms with van der Waals surface area (Å²) >= 11 is 0. The molecular weight excluding hydrogens is 350 g/mol. The molecule has 5 heteroatoms. The van der Waals surface area contributed by atoms with Gasteiger partial charge in [-0.2, -0.15) is 5.26 Å². The smallest absolute Gasteiger partial charge is 0.255 e. The lowest BCUT2D eigenvalue weighted by atomic mass is 10.1. The van der Waals surface area contributed by atoms with Crippen molar-refractivity contribution in [2.24, 2.45) is 0 Å². The first-order valence-electron chi connectivity index (χ1n) is 8.85. The van der Waals surface area contributed by atoms with Gasteiger partial charge in [0.1, 0.15) is 0 Å². The summed E-state index contributed by atoms with van der Waals surface area (Å²) < 4.78 is 0. The summed E-state index contributed by atoms with van der Waals surface area (Å²) in [6.07, 6.45) is 0. The number of anilines is 1. The molecule has 2 amide bonds. The molecule has 0 saturated heterocycles. The van der Waals surface area contributed by atoms with Gasteiger partial charge in [-0.3, -0.25) is 9.59 Å². The van der Waals surface area contributed by atoms with Crippen LogP contribution in [-0.4, -0.2) is 11.8 Å². The number of para-hydroxylation sites is 1. The van der Waals surface area contributed by atoms with E-state index in [1.807, 2.05) is 25.1 Å². The van der Waals surface area contributed by atoms with E-state index in [-0.39, 0.29) is 17.9 Å². The Morgan fingerprint density at radius 3 is 2.18 bits per heavy atom. The highest BCUT2D eigenvalue weighted by Crippen LogP contribution is 2.19. The predicted octanol–water partition coefficient (Wildman–Crippen LogP) is 4.30. The summed E-state index contributed by atoms with van der Waals surface area (Å²) in [5.74, 6) is -0.568. The molecule has 0 aromatic heterocycles. The molecule has 0 spiro atoms. The summed E-state index contributed by atoms with van der Waals surface area (Å²) in [4.78, 5) is 25.2. The van der Waals surface area contributed by atoms with Crippen LogP contribution in [0.1, 0.15) is 44.8 Å². The minimum absolute atomic E-state index is 0.252. The second-order valence-electron chi connectivity index (χ2n) is 6.29. The lowest BCUT2D eigenvalue weighted by molar-refractivity contribution is 0.0941. The van der Waals surface area contributed by atoms with Crippen LogP contribution in [0, 0.1) is 11.3 Å². The van der Waals surface area contributed by atoms with Crippen molar-refractivity contribution in [3.63, 3.8) is 0 Å². The zero-order valence-corrected chi connectivity index (χ0v) is 15.3. The van der Waals surface area contributed by atoms with Gasteiger partial charge >= 0.3 is 0 Å². The van der Waals surface area contributed by atoms with Crippen LogP contribution in [0.5, 0.6) is 0 Å². The number of hydrogen-bond donors (Lipinski definition) is 2. The van der Waals surface area contributed by atoms with E-state index in [1.165, 1.54) is 0 Å². The summed E-state index contributed by atoms with van der Waals surface area (Å²) in [5, 5.41) is 14.6. The zero-order valence-electron chi connectivity index (χ0n) is 15.3. The molecule has 3 aromatic carbocycles. The SMILES string of the molecule is CC(NC(=O)c1ccccc1NC(=O)c1ccccc1)c1ccc(C#N)cc1. The van der Waals surface area contributed by atoms with Crippen LogP contribution in [0.25, 0.3) is 0 Å². The highest BCUT2D eigenvalue weighted by Gasteiger charge is 2.16. The minimum Gasteiger partial charge on any atom is -0.345 e. The Balaban J connectivity index is 1.75. The molecule has 28 heavy (non-hydrogen) atoms. The van der Waals surface area contributed by atoms with Crippen molar-refractivity contribution < 1.29 is 9.59 Å². The standard InChI is InChI=1S/C23H19N3O2/c1-16(18-13-11-17(15-24)12-14-18)25-23(28)20-9-5-6-10-21(20)26-22(27)19-7-3-2-4-8-19/h2-14,16H,1H3,(H,25,28)(H,26,27). The number of nitrogens with one attached hydrogen (secondary N) is 2. The zero-order chi connectivity index (χ0) is 19.9. The van der Waals surface area contributed by atoms with Crippen LogP contribution in [-0.2, 0) is 0 Å². The van der Waals surface area contributed by atoms with Crippen molar-refractivity contribution in [2.75, 3.05) is 5.32 Å². The number of hydrogen-bond acceptors (Lipinski definition) is 3. The number of carbonyl (C=O) groups is 2. The first kappa shape index (κ1) is 18.9. The van der Waals surface area contributed by atoms with E-state index in [0.717, 1.165) is 5.56 Å². The van der Waals surface area contributed by atoms with Crippen molar-refractivity contribution in [3.8, 4) is 6.07 Å². The van der Waals surface area contributed by atoms with E-state index >= 15 is 0 Å². The number of benzene rings is 3. The summed E-state index contributed by atoms with van der Waals surface area (Å²) in [7, 11) is 0. The first-order valence-corrected chi connectivity index (χ1v) is 8.85. The monoisotopic (exact) mass is 369 g/mol. The van der Waals surface area contributed by atoms with Gasteiger partial charge < -0.3 is 10.6 Å². The molecule has 1 atom stereocenters. The molecule has 0 heterocycles. The Labute approximate surface area is 163 Å². The van der Waals surface area contributed by atoms with Gasteiger partial charge in [-0.1, -0.05) is 42.5 Å². The number of carbonyl (C=O) groups excluding carboxylic acids is 2. The summed E-state index contributed by atoms with van der Waals surface area (Å²) in [5.41, 5.74) is 2.80. The van der Waals surface area contributed by atoms with Crippen LogP contribution in [0.2, 0.25) is 0 Å². The van der Waals surface area contributed by atoms with E-state index in [4.69, 9.17) is 5.26 Å². The van der Waals surface area contributed by atoms with Gasteiger partial charge in [0, 0.05) is 5.56 Å². The fraction of sp³-hybridized carbons (Fsp3) is 0.0870. The molecule has 0 saturated carbocycles. The van der Waals surface area contributed by atoms with E-state index in [1.54, 1.807) is 60.7 Å². The molecule has 0 bridgehead atoms. The van der Waals surface area contributed by atoms with Crippen molar-refractivity contribution in [2.45, 2.75) is 13.0 Å². The topological polar surface area (TPSA) is 82.0 Å². The van der Waals surface area contributed by atoms with Crippen LogP contribution in [0.3, 0.4) is 0 Å². The lowest BCUT2D eigenvalue weighted by Gasteiger charge is -2.16. The average molecular weight is 369 g/mol. The minimum atomic E-state index is -0.291. The Hall–Kier alpha value is -3.91. The van der Waals surface area contributed by atoms with Crippen LogP contribution < -0.4 is 10.6 Å². The number of nitrogens with zero attached hydrogens (tertiary/aromatic N) is 1. The summed E-state index contributed by atoms with van der Waals surface area (Å²) in [6.45, 7) is 1.87. The lowest BCUT2D eigenvalue weighted by Crippen LogP contribution is -2.28. The molecule has 0 radical (unpaired) electrons. The molecule has 5 nitrogen and oxygen atoms in total. The summed E-state index contributed by atoms with van der Waals surface area (Å²) in [6, 6.07) is 24.6. The molecule has 0 aliphatic carbocycles. The Kier molecular flexibility index (Phi) is 5.83. The predicted molar refractivity (Wildman–Crippen MR) is 108 cm³/mol. The molecule has 3 aromatic rings. The molecule has 2 N–H and O–H groups in total. The van der Waals surface area contributed by atoms with Gasteiger partial charge in [0.15, 0.2) is 0 Å². The third kappa shape index (κ3) is 4.43. The highest BCUT2D eigenvalue weighted by atomic mass is 16.2. The first-order chi connectivity index (χ1) is 13.6. The van der Waals surface area contributed by atoms with E-state index in [2.05, 4.69) is 16.7 Å². The van der Waals surface area contributed by atoms with Gasteiger partial charge in [0.2, 0.25) is 0 Å². The molecule has 1 unspecified atom stereocenters. The van der Waals surface area contributed by atoms with E-state index in [9.17, 15) is 9.59 Å². The molecule has 138 valence electrons. The molecule has 3 rings (SSSR count). The fourth-order valence-electron chi connectivity index (χ4n) is 2.78. The maximum atomic E-state index is 12.8. The molecule has 0 aliphatic heterocycles. The van der Waals surface area contributed by atoms with Crippen molar-refractivity contribution in [1.29, 1.82) is 5.26 Å². The van der Waals surface area contributed by atoms with Crippen molar-refractivity contribution in [1.82, 2.24) is 5.32 Å². The van der Waals surface area contributed by atoms with Gasteiger partial charge in [0.25, 0.3) is 11.8 Å². The largest absolute Gasteiger partial charge is 0.345 e. The van der Waals surface area contributed by atoms with Gasteiger partial charge in [-0.15, -0.1) is 0 Å². The second-order valence-corrected chi connectivity index (χ2v) is 6.29. The average Bonchev–Trinajstić information content (AvgIpc) is 2.74. The third-order valence-electron chi connectivity index (χ3n) is 4.34. The maximum Gasteiger partial charge on any atom is 0.255 e. The van der Waals surface area contributed by atoms with Crippen molar-refractivity contribution >= 4 is 17.5 Å². The highest BCUT2D eigenvalue weighted by molar-refractivity contribution is 6.09. The van der Waals surface area contributed by atoms with Crippen molar-refractivity contribution in [3.05, 3.63) is 101 Å². The molecular formula is C23H19N3O2. The van der Waals surface area contributed by atoms with E-state index < -0.39 is 0 Å². The van der Waals surface area contributed by atoms with Crippen LogP contribution in [0.4, 0.5) is 5.69 Å². The maximum absolute atomic E-state index is 12.8. The molecule has 0 aliphatic rings. The van der Waals surface area contributed by atoms with Crippen LogP contribution in [0.15, 0.2) is 78.9 Å². The van der Waals surface area contributed by atoms with Gasteiger partial charge in [-0.05, 0) is 48.9 Å². The Bertz CT molecular complexity index is 1020. The number of amides is 2. The number of rotatable bonds is 5. The van der Waals surface area contributed by atoms with Gasteiger partial charge in [0.05, 0.1) is 28.9 Å². The Morgan fingerprint density at radius 1 is 0.857 bits per heavy atom. The van der Waals surface area contributed by atoms with Crippen LogP contribution >= 0.6 is 0 Å². The number of nitriles is 1.